The van der Waals surface area contributed by atoms with Gasteiger partial charge >= 0.3 is 5.97 Å². The molecule has 110 valence electrons. The van der Waals surface area contributed by atoms with Crippen molar-refractivity contribution < 1.29 is 19.5 Å². The lowest BCUT2D eigenvalue weighted by molar-refractivity contribution is -0.138. The molecule has 0 aliphatic carbocycles. The molecule has 0 radical (unpaired) electrons. The highest BCUT2D eigenvalue weighted by molar-refractivity contribution is 5.86. The Morgan fingerprint density at radius 3 is 2.70 bits per heavy atom. The maximum absolute atomic E-state index is 11.6. The van der Waals surface area contributed by atoms with Gasteiger partial charge in [-0.25, -0.2) is 4.98 Å². The molecule has 1 heterocycles. The van der Waals surface area contributed by atoms with E-state index in [-0.39, 0.29) is 31.3 Å². The number of hydrogen-bond acceptors (Lipinski definition) is 4. The van der Waals surface area contributed by atoms with Crippen LogP contribution >= 0.6 is 0 Å². The number of carboxylic acid groups (broad SMARTS) is 1. The fraction of sp³-hybridized carbons (Fsp3) is 0.500. The van der Waals surface area contributed by atoms with Crippen LogP contribution in [0, 0.1) is 0 Å². The molecule has 2 amide bonds. The molecule has 0 aliphatic heterocycles. The molecule has 4 N–H and O–H groups in total. The van der Waals surface area contributed by atoms with Crippen LogP contribution in [-0.4, -0.2) is 45.4 Å². The summed E-state index contributed by atoms with van der Waals surface area (Å²) in [5.74, 6) is -1.82. The van der Waals surface area contributed by atoms with Gasteiger partial charge in [0.1, 0.15) is 0 Å². The van der Waals surface area contributed by atoms with E-state index in [1.165, 1.54) is 0 Å². The Morgan fingerprint density at radius 2 is 2.10 bits per heavy atom. The summed E-state index contributed by atoms with van der Waals surface area (Å²) in [7, 11) is 0. The summed E-state index contributed by atoms with van der Waals surface area (Å²) in [6.07, 6.45) is 3.47. The topological polar surface area (TPSA) is 124 Å². The summed E-state index contributed by atoms with van der Waals surface area (Å²) >= 11 is 0. The average Bonchev–Trinajstić information content (AvgIpc) is 2.86. The highest BCUT2D eigenvalue weighted by atomic mass is 16.4. The molecule has 8 heteroatoms. The number of imidazole rings is 1. The number of rotatable bonds is 8. The van der Waals surface area contributed by atoms with Crippen molar-refractivity contribution in [2.45, 2.75) is 32.2 Å². The van der Waals surface area contributed by atoms with Crippen LogP contribution < -0.4 is 10.6 Å². The Morgan fingerprint density at radius 1 is 1.35 bits per heavy atom. The quantitative estimate of drug-likeness (QED) is 0.508. The van der Waals surface area contributed by atoms with Gasteiger partial charge in [-0.3, -0.25) is 14.4 Å². The number of amides is 2. The Kier molecular flexibility index (Phi) is 6.21. The molecule has 0 aliphatic rings. The van der Waals surface area contributed by atoms with E-state index in [9.17, 15) is 14.4 Å². The summed E-state index contributed by atoms with van der Waals surface area (Å²) in [4.78, 5) is 39.9. The second kappa shape index (κ2) is 7.93. The van der Waals surface area contributed by atoms with Crippen molar-refractivity contribution in [2.75, 3.05) is 6.54 Å². The second-order valence-corrected chi connectivity index (χ2v) is 4.42. The molecule has 0 saturated carbocycles. The zero-order valence-electron chi connectivity index (χ0n) is 11.2. The molecule has 0 aromatic carbocycles. The third-order valence-corrected chi connectivity index (χ3v) is 2.50. The first-order chi connectivity index (χ1) is 9.47. The van der Waals surface area contributed by atoms with E-state index in [1.807, 2.05) is 6.92 Å². The smallest absolute Gasteiger partial charge is 0.303 e. The number of nitrogens with one attached hydrogen (secondary N) is 3. The highest BCUT2D eigenvalue weighted by Gasteiger charge is 2.11. The predicted octanol–water partition coefficient (Wildman–Crippen LogP) is -0.562. The fourth-order valence-electron chi connectivity index (χ4n) is 1.59. The number of aromatic nitrogens is 2. The molecule has 8 nitrogen and oxygen atoms in total. The zero-order valence-corrected chi connectivity index (χ0v) is 11.2. The monoisotopic (exact) mass is 282 g/mol. The molecule has 1 rings (SSSR count). The van der Waals surface area contributed by atoms with Crippen molar-refractivity contribution in [2.24, 2.45) is 0 Å². The fourth-order valence-corrected chi connectivity index (χ4v) is 1.59. The number of aliphatic carboxylic acids is 1. The van der Waals surface area contributed by atoms with Crippen LogP contribution in [0.4, 0.5) is 0 Å². The van der Waals surface area contributed by atoms with Gasteiger partial charge in [-0.15, -0.1) is 0 Å². The lowest BCUT2D eigenvalue weighted by Gasteiger charge is -2.13. The number of carbonyl (C=O) groups is 3. The van der Waals surface area contributed by atoms with Crippen molar-refractivity contribution in [3.63, 3.8) is 0 Å². The minimum atomic E-state index is -1.04. The van der Waals surface area contributed by atoms with Gasteiger partial charge in [0.15, 0.2) is 0 Å². The zero-order chi connectivity index (χ0) is 15.0. The van der Waals surface area contributed by atoms with Crippen LogP contribution in [0.25, 0.3) is 0 Å². The number of hydrogen-bond donors (Lipinski definition) is 4. The number of carboxylic acids is 1. The van der Waals surface area contributed by atoms with Crippen LogP contribution in [0.1, 0.15) is 25.5 Å². The maximum Gasteiger partial charge on any atom is 0.303 e. The molecule has 0 bridgehead atoms. The van der Waals surface area contributed by atoms with Crippen LogP contribution in [0.5, 0.6) is 0 Å². The summed E-state index contributed by atoms with van der Waals surface area (Å²) in [5, 5.41) is 13.5. The van der Waals surface area contributed by atoms with Crippen LogP contribution in [0.15, 0.2) is 12.5 Å². The van der Waals surface area contributed by atoms with Crippen molar-refractivity contribution >= 4 is 17.8 Å². The van der Waals surface area contributed by atoms with Crippen LogP contribution in [-0.2, 0) is 20.8 Å². The standard InChI is InChI=1S/C12H18N4O4/c1-8(4-9-5-13-7-15-9)16-11(18)6-14-10(17)2-3-12(19)20/h5,7-8H,2-4,6H2,1H3,(H,13,15)(H,14,17)(H,16,18)(H,19,20). The summed E-state index contributed by atoms with van der Waals surface area (Å²) in [5.41, 5.74) is 0.906. The maximum atomic E-state index is 11.6. The highest BCUT2D eigenvalue weighted by Crippen LogP contribution is 1.97. The minimum Gasteiger partial charge on any atom is -0.481 e. The lowest BCUT2D eigenvalue weighted by Crippen LogP contribution is -2.41. The van der Waals surface area contributed by atoms with E-state index in [0.717, 1.165) is 5.69 Å². The van der Waals surface area contributed by atoms with E-state index in [4.69, 9.17) is 5.11 Å². The van der Waals surface area contributed by atoms with E-state index < -0.39 is 11.9 Å². The number of aromatic amines is 1. The van der Waals surface area contributed by atoms with Gasteiger partial charge in [0.2, 0.25) is 11.8 Å². The first kappa shape index (κ1) is 15.7. The van der Waals surface area contributed by atoms with Gasteiger partial charge in [0.25, 0.3) is 0 Å². The van der Waals surface area contributed by atoms with Gasteiger partial charge in [0.05, 0.1) is 19.3 Å². The van der Waals surface area contributed by atoms with Crippen LogP contribution in [0.2, 0.25) is 0 Å². The third-order valence-electron chi connectivity index (χ3n) is 2.50. The molecular weight excluding hydrogens is 264 g/mol. The summed E-state index contributed by atoms with van der Waals surface area (Å²) in [6, 6.07) is -0.0983. The SMILES string of the molecule is CC(Cc1cnc[nH]1)NC(=O)CNC(=O)CCC(=O)O. The molecule has 1 atom stereocenters. The van der Waals surface area contributed by atoms with E-state index in [2.05, 4.69) is 20.6 Å². The van der Waals surface area contributed by atoms with Gasteiger partial charge in [-0.2, -0.15) is 0 Å². The minimum absolute atomic E-state index is 0.0983. The molecule has 1 aromatic rings. The lowest BCUT2D eigenvalue weighted by atomic mass is 10.2. The Balaban J connectivity index is 2.19. The van der Waals surface area contributed by atoms with Crippen molar-refractivity contribution in [3.8, 4) is 0 Å². The van der Waals surface area contributed by atoms with Crippen molar-refractivity contribution in [1.29, 1.82) is 0 Å². The number of nitrogens with zero attached hydrogens (tertiary/aromatic N) is 1. The number of H-pyrrole nitrogens is 1. The Labute approximate surface area is 116 Å². The third kappa shape index (κ3) is 6.53. The first-order valence-electron chi connectivity index (χ1n) is 6.22. The molecule has 0 saturated heterocycles. The molecule has 0 spiro atoms. The van der Waals surface area contributed by atoms with E-state index in [0.29, 0.717) is 6.42 Å². The second-order valence-electron chi connectivity index (χ2n) is 4.42. The van der Waals surface area contributed by atoms with Gasteiger partial charge in [0, 0.05) is 30.8 Å². The van der Waals surface area contributed by atoms with Gasteiger partial charge < -0.3 is 20.7 Å². The normalized spacial score (nSPS) is 11.7. The molecule has 1 aromatic heterocycles. The molecule has 1 unspecified atom stereocenters. The van der Waals surface area contributed by atoms with E-state index >= 15 is 0 Å². The summed E-state index contributed by atoms with van der Waals surface area (Å²) < 4.78 is 0. The number of carbonyl (C=O) groups excluding carboxylic acids is 2. The Hall–Kier alpha value is -2.38. The average molecular weight is 282 g/mol. The summed E-state index contributed by atoms with van der Waals surface area (Å²) in [6.45, 7) is 1.68. The van der Waals surface area contributed by atoms with Gasteiger partial charge in [-0.05, 0) is 6.92 Å². The van der Waals surface area contributed by atoms with E-state index in [1.54, 1.807) is 12.5 Å². The molecule has 0 fully saturated rings. The van der Waals surface area contributed by atoms with Crippen LogP contribution in [0.3, 0.4) is 0 Å². The molecule has 20 heavy (non-hydrogen) atoms. The molecular formula is C12H18N4O4. The van der Waals surface area contributed by atoms with Crippen molar-refractivity contribution in [3.05, 3.63) is 18.2 Å². The first-order valence-corrected chi connectivity index (χ1v) is 6.22. The largest absolute Gasteiger partial charge is 0.481 e. The Bertz CT molecular complexity index is 458. The van der Waals surface area contributed by atoms with Gasteiger partial charge in [-0.1, -0.05) is 0 Å². The van der Waals surface area contributed by atoms with Crippen molar-refractivity contribution in [1.82, 2.24) is 20.6 Å². The predicted molar refractivity (Wildman–Crippen MR) is 69.8 cm³/mol.